The van der Waals surface area contributed by atoms with Crippen molar-refractivity contribution in [3.8, 4) is 6.01 Å². The summed E-state index contributed by atoms with van der Waals surface area (Å²) in [7, 11) is 0. The summed E-state index contributed by atoms with van der Waals surface area (Å²) in [6.07, 6.45) is 0.908. The largest absolute Gasteiger partial charge is 0.463 e. The first-order chi connectivity index (χ1) is 10.2. The summed E-state index contributed by atoms with van der Waals surface area (Å²) in [5, 5.41) is 6.27. The molecule has 0 fully saturated rings. The molecular weight excluding hydrogens is 288 g/mol. The Morgan fingerprint density at radius 1 is 1.14 bits per heavy atom. The van der Waals surface area contributed by atoms with Crippen LogP contribution in [0.25, 0.3) is 0 Å². The van der Waals surface area contributed by atoms with E-state index in [0.717, 1.165) is 23.5 Å². The SMILES string of the molecule is CCCOc1nc(NCC)nc(NCc2scnc2C)n1. The molecule has 0 unspecified atom stereocenters. The number of anilines is 2. The van der Waals surface area contributed by atoms with Crippen LogP contribution in [0.2, 0.25) is 0 Å². The number of nitrogens with one attached hydrogen (secondary N) is 2. The predicted octanol–water partition coefficient (Wildman–Crippen LogP) is 2.47. The van der Waals surface area contributed by atoms with E-state index in [-0.39, 0.29) is 0 Å². The molecule has 21 heavy (non-hydrogen) atoms. The van der Waals surface area contributed by atoms with Crippen LogP contribution in [0.5, 0.6) is 6.01 Å². The highest BCUT2D eigenvalue weighted by Crippen LogP contribution is 2.16. The van der Waals surface area contributed by atoms with Crippen LogP contribution in [-0.4, -0.2) is 33.1 Å². The average molecular weight is 308 g/mol. The van der Waals surface area contributed by atoms with Crippen molar-refractivity contribution in [3.63, 3.8) is 0 Å². The van der Waals surface area contributed by atoms with Gasteiger partial charge in [0.1, 0.15) is 0 Å². The van der Waals surface area contributed by atoms with Gasteiger partial charge in [-0.2, -0.15) is 15.0 Å². The summed E-state index contributed by atoms with van der Waals surface area (Å²) in [6.45, 7) is 7.98. The standard InChI is InChI=1S/C13H20N6OS/c1-4-6-20-13-18-11(14-5-2)17-12(19-13)15-7-10-9(3)16-8-21-10/h8H,4-7H2,1-3H3,(H2,14,15,17,18,19). The highest BCUT2D eigenvalue weighted by atomic mass is 32.1. The van der Waals surface area contributed by atoms with E-state index < -0.39 is 0 Å². The summed E-state index contributed by atoms with van der Waals surface area (Å²) in [4.78, 5) is 18.2. The Hall–Kier alpha value is -1.96. The summed E-state index contributed by atoms with van der Waals surface area (Å²) in [5.74, 6) is 1.02. The van der Waals surface area contributed by atoms with Crippen LogP contribution in [0.4, 0.5) is 11.9 Å². The molecule has 0 aliphatic heterocycles. The minimum atomic E-state index is 0.339. The average Bonchev–Trinajstić information content (AvgIpc) is 2.88. The van der Waals surface area contributed by atoms with Crippen molar-refractivity contribution in [2.24, 2.45) is 0 Å². The summed E-state index contributed by atoms with van der Waals surface area (Å²) in [5.41, 5.74) is 2.86. The molecule has 0 atom stereocenters. The van der Waals surface area contributed by atoms with Gasteiger partial charge in [-0.05, 0) is 20.3 Å². The lowest BCUT2D eigenvalue weighted by atomic mass is 10.4. The van der Waals surface area contributed by atoms with E-state index in [2.05, 4.69) is 30.6 Å². The molecule has 2 aromatic heterocycles. The van der Waals surface area contributed by atoms with Gasteiger partial charge in [0.15, 0.2) is 0 Å². The van der Waals surface area contributed by atoms with E-state index >= 15 is 0 Å². The van der Waals surface area contributed by atoms with Crippen molar-refractivity contribution in [3.05, 3.63) is 16.1 Å². The molecule has 8 heteroatoms. The Kier molecular flexibility index (Phi) is 5.68. The number of hydrogen-bond donors (Lipinski definition) is 2. The molecule has 2 N–H and O–H groups in total. The summed E-state index contributed by atoms with van der Waals surface area (Å²) >= 11 is 1.61. The van der Waals surface area contributed by atoms with Gasteiger partial charge < -0.3 is 15.4 Å². The molecule has 2 aromatic rings. The summed E-state index contributed by atoms with van der Waals surface area (Å²) < 4.78 is 5.49. The van der Waals surface area contributed by atoms with E-state index in [0.29, 0.717) is 31.1 Å². The zero-order chi connectivity index (χ0) is 15.1. The number of aromatic nitrogens is 4. The second-order valence-corrected chi connectivity index (χ2v) is 5.30. The maximum atomic E-state index is 5.49. The van der Waals surface area contributed by atoms with Crippen LogP contribution < -0.4 is 15.4 Å². The molecule has 0 aliphatic rings. The Morgan fingerprint density at radius 2 is 1.90 bits per heavy atom. The van der Waals surface area contributed by atoms with Crippen molar-refractivity contribution < 1.29 is 4.74 Å². The van der Waals surface area contributed by atoms with Crippen molar-refractivity contribution in [1.29, 1.82) is 0 Å². The quantitative estimate of drug-likeness (QED) is 0.775. The van der Waals surface area contributed by atoms with Crippen LogP contribution in [0, 0.1) is 6.92 Å². The van der Waals surface area contributed by atoms with Crippen LogP contribution in [0.15, 0.2) is 5.51 Å². The van der Waals surface area contributed by atoms with Gasteiger partial charge in [-0.25, -0.2) is 4.98 Å². The van der Waals surface area contributed by atoms with Crippen molar-refractivity contribution in [2.75, 3.05) is 23.8 Å². The topological polar surface area (TPSA) is 84.9 Å². The van der Waals surface area contributed by atoms with Crippen molar-refractivity contribution in [2.45, 2.75) is 33.7 Å². The predicted molar refractivity (Wildman–Crippen MR) is 84.0 cm³/mol. The molecule has 114 valence electrons. The minimum Gasteiger partial charge on any atom is -0.463 e. The first kappa shape index (κ1) is 15.4. The number of rotatable bonds is 8. The normalized spacial score (nSPS) is 10.4. The maximum Gasteiger partial charge on any atom is 0.323 e. The van der Waals surface area contributed by atoms with E-state index in [1.54, 1.807) is 11.3 Å². The van der Waals surface area contributed by atoms with Gasteiger partial charge in [-0.15, -0.1) is 11.3 Å². The number of hydrogen-bond acceptors (Lipinski definition) is 8. The van der Waals surface area contributed by atoms with E-state index in [1.165, 1.54) is 0 Å². The van der Waals surface area contributed by atoms with Gasteiger partial charge in [0.25, 0.3) is 0 Å². The van der Waals surface area contributed by atoms with Crippen LogP contribution in [0.1, 0.15) is 30.8 Å². The Bertz CT molecular complexity index is 574. The lowest BCUT2D eigenvalue weighted by Crippen LogP contribution is -2.11. The molecule has 0 radical (unpaired) electrons. The lowest BCUT2D eigenvalue weighted by molar-refractivity contribution is 0.292. The van der Waals surface area contributed by atoms with Gasteiger partial charge >= 0.3 is 6.01 Å². The smallest absolute Gasteiger partial charge is 0.323 e. The third-order valence-electron chi connectivity index (χ3n) is 2.64. The molecule has 0 aromatic carbocycles. The zero-order valence-corrected chi connectivity index (χ0v) is 13.3. The van der Waals surface area contributed by atoms with E-state index in [4.69, 9.17) is 4.74 Å². The third kappa shape index (κ3) is 4.52. The number of thiazole rings is 1. The fourth-order valence-corrected chi connectivity index (χ4v) is 2.30. The monoisotopic (exact) mass is 308 g/mol. The Morgan fingerprint density at radius 3 is 2.52 bits per heavy atom. The summed E-state index contributed by atoms with van der Waals surface area (Å²) in [6, 6.07) is 0.339. The molecular formula is C13H20N6OS. The van der Waals surface area contributed by atoms with Crippen molar-refractivity contribution >= 4 is 23.2 Å². The highest BCUT2D eigenvalue weighted by molar-refractivity contribution is 7.09. The Labute approximate surface area is 128 Å². The third-order valence-corrected chi connectivity index (χ3v) is 3.57. The van der Waals surface area contributed by atoms with E-state index in [1.807, 2.05) is 26.3 Å². The molecule has 2 heterocycles. The van der Waals surface area contributed by atoms with Gasteiger partial charge in [0, 0.05) is 11.4 Å². The lowest BCUT2D eigenvalue weighted by Gasteiger charge is -2.09. The number of nitrogens with zero attached hydrogens (tertiary/aromatic N) is 4. The van der Waals surface area contributed by atoms with Crippen molar-refractivity contribution in [1.82, 2.24) is 19.9 Å². The molecule has 2 rings (SSSR count). The maximum absolute atomic E-state index is 5.49. The highest BCUT2D eigenvalue weighted by Gasteiger charge is 2.08. The second-order valence-electron chi connectivity index (χ2n) is 4.36. The fraction of sp³-hybridized carbons (Fsp3) is 0.538. The Balaban J connectivity index is 2.09. The molecule has 0 bridgehead atoms. The molecule has 0 spiro atoms. The van der Waals surface area contributed by atoms with Crippen LogP contribution in [0.3, 0.4) is 0 Å². The molecule has 0 amide bonds. The first-order valence-corrected chi connectivity index (χ1v) is 7.86. The molecule has 0 saturated heterocycles. The molecule has 7 nitrogen and oxygen atoms in total. The van der Waals surface area contributed by atoms with Crippen LogP contribution >= 0.6 is 11.3 Å². The van der Waals surface area contributed by atoms with Gasteiger partial charge in [0.2, 0.25) is 11.9 Å². The molecule has 0 aliphatic carbocycles. The number of ether oxygens (including phenoxy) is 1. The van der Waals surface area contributed by atoms with Gasteiger partial charge in [-0.1, -0.05) is 6.92 Å². The van der Waals surface area contributed by atoms with Gasteiger partial charge in [0.05, 0.1) is 24.4 Å². The van der Waals surface area contributed by atoms with Gasteiger partial charge in [-0.3, -0.25) is 0 Å². The molecule has 0 saturated carbocycles. The van der Waals surface area contributed by atoms with E-state index in [9.17, 15) is 0 Å². The fourth-order valence-electron chi connectivity index (χ4n) is 1.59. The zero-order valence-electron chi connectivity index (χ0n) is 12.5. The van der Waals surface area contributed by atoms with Crippen LogP contribution in [-0.2, 0) is 6.54 Å². The number of aryl methyl sites for hydroxylation is 1. The minimum absolute atomic E-state index is 0.339. The second kappa shape index (κ2) is 7.72. The first-order valence-electron chi connectivity index (χ1n) is 6.98.